The van der Waals surface area contributed by atoms with Crippen molar-refractivity contribution in [2.24, 2.45) is 0 Å². The molecule has 6 nitrogen and oxygen atoms in total. The molecule has 8 heteroatoms. The zero-order valence-electron chi connectivity index (χ0n) is 15.0. The summed E-state index contributed by atoms with van der Waals surface area (Å²) in [5.41, 5.74) is 2.38. The summed E-state index contributed by atoms with van der Waals surface area (Å²) >= 11 is 3.40. The van der Waals surface area contributed by atoms with Crippen LogP contribution in [0.4, 0.5) is 5.69 Å². The molecule has 0 atom stereocenters. The van der Waals surface area contributed by atoms with Crippen LogP contribution in [0, 0.1) is 13.8 Å². The van der Waals surface area contributed by atoms with Crippen LogP contribution in [0.1, 0.15) is 11.1 Å². The Labute approximate surface area is 162 Å². The number of aryl methyl sites for hydroxylation is 2. The number of sulfonamides is 1. The maximum absolute atomic E-state index is 12.1. The van der Waals surface area contributed by atoms with Crippen LogP contribution in [0.3, 0.4) is 0 Å². The summed E-state index contributed by atoms with van der Waals surface area (Å²) < 4.78 is 31.7. The Morgan fingerprint density at radius 2 is 1.85 bits per heavy atom. The van der Waals surface area contributed by atoms with E-state index in [0.717, 1.165) is 14.3 Å². The smallest absolute Gasteiger partial charge is 0.262 e. The fourth-order valence-electron chi connectivity index (χ4n) is 2.21. The van der Waals surface area contributed by atoms with Gasteiger partial charge in [-0.2, -0.15) is 0 Å². The van der Waals surface area contributed by atoms with Gasteiger partial charge in [-0.1, -0.05) is 6.07 Å². The van der Waals surface area contributed by atoms with Crippen molar-refractivity contribution in [2.45, 2.75) is 18.7 Å². The normalized spacial score (nSPS) is 11.5. The zero-order valence-corrected chi connectivity index (χ0v) is 17.4. The van der Waals surface area contributed by atoms with E-state index < -0.39 is 10.0 Å². The Kier molecular flexibility index (Phi) is 6.44. The summed E-state index contributed by atoms with van der Waals surface area (Å²) in [4.78, 5) is 12.3. The SMILES string of the molecule is Cc1ccc(NC(=O)COc2ccc(S(=O)(=O)N(C)C)cc2C)c(Br)c1. The minimum absolute atomic E-state index is 0.180. The van der Waals surface area contributed by atoms with Gasteiger partial charge < -0.3 is 10.1 Å². The number of carbonyl (C=O) groups is 1. The van der Waals surface area contributed by atoms with Crippen molar-refractivity contribution in [3.63, 3.8) is 0 Å². The highest BCUT2D eigenvalue weighted by atomic mass is 79.9. The highest BCUT2D eigenvalue weighted by Crippen LogP contribution is 2.25. The van der Waals surface area contributed by atoms with Gasteiger partial charge in [-0.05, 0) is 71.2 Å². The number of nitrogens with one attached hydrogen (secondary N) is 1. The molecule has 0 heterocycles. The molecule has 0 aliphatic heterocycles. The molecule has 1 amide bonds. The van der Waals surface area contributed by atoms with E-state index in [2.05, 4.69) is 21.2 Å². The monoisotopic (exact) mass is 440 g/mol. The van der Waals surface area contributed by atoms with E-state index in [0.29, 0.717) is 17.0 Å². The average molecular weight is 441 g/mol. The third-order valence-electron chi connectivity index (χ3n) is 3.68. The molecule has 0 spiro atoms. The third kappa shape index (κ3) is 4.84. The van der Waals surface area contributed by atoms with Gasteiger partial charge in [0.2, 0.25) is 10.0 Å². The molecule has 1 N–H and O–H groups in total. The Balaban J connectivity index is 2.04. The summed E-state index contributed by atoms with van der Waals surface area (Å²) in [5.74, 6) is 0.153. The van der Waals surface area contributed by atoms with Crippen molar-refractivity contribution in [3.8, 4) is 5.75 Å². The lowest BCUT2D eigenvalue weighted by atomic mass is 10.2. The lowest BCUT2D eigenvalue weighted by Crippen LogP contribution is -2.22. The number of amides is 1. The quantitative estimate of drug-likeness (QED) is 0.746. The molecule has 0 saturated carbocycles. The number of benzene rings is 2. The minimum Gasteiger partial charge on any atom is -0.483 e. The van der Waals surface area contributed by atoms with Gasteiger partial charge in [-0.25, -0.2) is 12.7 Å². The first-order valence-electron chi connectivity index (χ1n) is 7.83. The molecule has 0 aliphatic rings. The van der Waals surface area contributed by atoms with Crippen LogP contribution < -0.4 is 10.1 Å². The number of nitrogens with zero attached hydrogens (tertiary/aromatic N) is 1. The molecule has 0 saturated heterocycles. The van der Waals surface area contributed by atoms with Crippen LogP contribution in [-0.2, 0) is 14.8 Å². The van der Waals surface area contributed by atoms with Gasteiger partial charge in [0.15, 0.2) is 6.61 Å². The molecule has 2 aromatic carbocycles. The maximum Gasteiger partial charge on any atom is 0.262 e. The Bertz CT molecular complexity index is 927. The highest BCUT2D eigenvalue weighted by molar-refractivity contribution is 9.10. The van der Waals surface area contributed by atoms with E-state index in [1.165, 1.54) is 26.2 Å². The number of hydrogen-bond acceptors (Lipinski definition) is 4. The molecular formula is C18H21BrN2O4S. The van der Waals surface area contributed by atoms with Gasteiger partial charge in [-0.15, -0.1) is 0 Å². The van der Waals surface area contributed by atoms with Crippen LogP contribution >= 0.6 is 15.9 Å². The first-order valence-corrected chi connectivity index (χ1v) is 10.1. The minimum atomic E-state index is -3.50. The lowest BCUT2D eigenvalue weighted by Gasteiger charge is -2.14. The average Bonchev–Trinajstić information content (AvgIpc) is 2.56. The molecule has 0 aromatic heterocycles. The molecule has 26 heavy (non-hydrogen) atoms. The van der Waals surface area contributed by atoms with Gasteiger partial charge in [0, 0.05) is 18.6 Å². The van der Waals surface area contributed by atoms with Crippen molar-refractivity contribution >= 4 is 37.5 Å². The van der Waals surface area contributed by atoms with Gasteiger partial charge in [0.1, 0.15) is 5.75 Å². The molecule has 0 bridgehead atoms. The summed E-state index contributed by atoms with van der Waals surface area (Å²) in [7, 11) is -0.554. The summed E-state index contributed by atoms with van der Waals surface area (Å²) in [6.07, 6.45) is 0. The van der Waals surface area contributed by atoms with Crippen molar-refractivity contribution in [1.29, 1.82) is 0 Å². The van der Waals surface area contributed by atoms with E-state index in [1.807, 2.05) is 25.1 Å². The predicted molar refractivity (Wildman–Crippen MR) is 105 cm³/mol. The molecule has 2 aromatic rings. The van der Waals surface area contributed by atoms with Gasteiger partial charge >= 0.3 is 0 Å². The first-order chi connectivity index (χ1) is 12.1. The van der Waals surface area contributed by atoms with E-state index in [-0.39, 0.29) is 17.4 Å². The molecule has 0 aliphatic carbocycles. The molecule has 140 valence electrons. The molecule has 2 rings (SSSR count). The van der Waals surface area contributed by atoms with Crippen molar-refractivity contribution in [3.05, 3.63) is 52.0 Å². The van der Waals surface area contributed by atoms with Gasteiger partial charge in [0.25, 0.3) is 5.91 Å². The number of anilines is 1. The number of hydrogen-bond donors (Lipinski definition) is 1. The third-order valence-corrected chi connectivity index (χ3v) is 6.15. The molecular weight excluding hydrogens is 420 g/mol. The summed E-state index contributed by atoms with van der Waals surface area (Å²) in [6, 6.07) is 10.2. The highest BCUT2D eigenvalue weighted by Gasteiger charge is 2.18. The Morgan fingerprint density at radius 3 is 2.42 bits per heavy atom. The standard InChI is InChI=1S/C18H21BrN2O4S/c1-12-5-7-16(15(19)9-12)20-18(22)11-25-17-8-6-14(10-13(17)2)26(23,24)21(3)4/h5-10H,11H2,1-4H3,(H,20,22). The van der Waals surface area contributed by atoms with E-state index >= 15 is 0 Å². The number of carbonyl (C=O) groups excluding carboxylic acids is 1. The lowest BCUT2D eigenvalue weighted by molar-refractivity contribution is -0.118. The fourth-order valence-corrected chi connectivity index (χ4v) is 3.79. The van der Waals surface area contributed by atoms with E-state index in [9.17, 15) is 13.2 Å². The Morgan fingerprint density at radius 1 is 1.15 bits per heavy atom. The van der Waals surface area contributed by atoms with Crippen LogP contribution in [0.15, 0.2) is 45.8 Å². The number of rotatable bonds is 6. The van der Waals surface area contributed by atoms with E-state index in [4.69, 9.17) is 4.74 Å². The molecule has 0 radical (unpaired) electrons. The molecule has 0 unspecified atom stereocenters. The van der Waals surface area contributed by atoms with Gasteiger partial charge in [0.05, 0.1) is 10.6 Å². The fraction of sp³-hybridized carbons (Fsp3) is 0.278. The van der Waals surface area contributed by atoms with Crippen molar-refractivity contribution in [2.75, 3.05) is 26.0 Å². The van der Waals surface area contributed by atoms with Gasteiger partial charge in [-0.3, -0.25) is 4.79 Å². The second kappa shape index (κ2) is 8.20. The molecule has 0 fully saturated rings. The van der Waals surface area contributed by atoms with Crippen molar-refractivity contribution in [1.82, 2.24) is 4.31 Å². The van der Waals surface area contributed by atoms with Crippen LogP contribution in [0.5, 0.6) is 5.75 Å². The second-order valence-electron chi connectivity index (χ2n) is 6.03. The Hall–Kier alpha value is -1.90. The van der Waals surface area contributed by atoms with Crippen molar-refractivity contribution < 1.29 is 17.9 Å². The maximum atomic E-state index is 12.1. The summed E-state index contributed by atoms with van der Waals surface area (Å²) in [5, 5.41) is 2.76. The van der Waals surface area contributed by atoms with Crippen LogP contribution in [-0.4, -0.2) is 39.3 Å². The predicted octanol–water partition coefficient (Wildman–Crippen LogP) is 3.33. The number of halogens is 1. The van der Waals surface area contributed by atoms with E-state index in [1.54, 1.807) is 13.0 Å². The van der Waals surface area contributed by atoms with Crippen LogP contribution in [0.25, 0.3) is 0 Å². The zero-order chi connectivity index (χ0) is 19.5. The van der Waals surface area contributed by atoms with Crippen LogP contribution in [0.2, 0.25) is 0 Å². The first kappa shape index (κ1) is 20.4. The largest absolute Gasteiger partial charge is 0.483 e. The topological polar surface area (TPSA) is 75.7 Å². The number of ether oxygens (including phenoxy) is 1. The second-order valence-corrected chi connectivity index (χ2v) is 9.04. The summed E-state index contributed by atoms with van der Waals surface area (Å²) in [6.45, 7) is 3.52.